The number of amides is 1. The smallest absolute Gasteiger partial charge is 0.293 e. The molecule has 0 bridgehead atoms. The molecule has 3 heterocycles. The van der Waals surface area contributed by atoms with Crippen molar-refractivity contribution >= 4 is 22.4 Å². The van der Waals surface area contributed by atoms with Gasteiger partial charge in [-0.15, -0.1) is 11.3 Å². The van der Waals surface area contributed by atoms with Crippen molar-refractivity contribution in [3.8, 4) is 5.75 Å². The molecule has 0 saturated carbocycles. The second-order valence-corrected chi connectivity index (χ2v) is 8.96. The Bertz CT molecular complexity index is 959. The number of nitrogens with one attached hydrogen (secondary N) is 1. The number of benzene rings is 1. The molecule has 1 N–H and O–H groups in total. The van der Waals surface area contributed by atoms with Crippen LogP contribution in [0.3, 0.4) is 0 Å². The van der Waals surface area contributed by atoms with Crippen LogP contribution in [-0.2, 0) is 13.2 Å². The van der Waals surface area contributed by atoms with E-state index in [1.165, 1.54) is 17.8 Å². The molecule has 7 heteroatoms. The lowest BCUT2D eigenvalue weighted by Crippen LogP contribution is -2.38. The molecule has 0 radical (unpaired) electrons. The minimum Gasteiger partial charge on any atom is -0.486 e. The van der Waals surface area contributed by atoms with Crippen molar-refractivity contribution in [2.24, 2.45) is 11.8 Å². The molecule has 0 spiro atoms. The Hall–Kier alpha value is -2.64. The molecular formula is C23H27N3O3S. The molecule has 0 aliphatic carbocycles. The van der Waals surface area contributed by atoms with Gasteiger partial charge >= 0.3 is 0 Å². The van der Waals surface area contributed by atoms with E-state index < -0.39 is 0 Å². The van der Waals surface area contributed by atoms with Gasteiger partial charge in [0.1, 0.15) is 18.1 Å². The van der Waals surface area contributed by atoms with Gasteiger partial charge in [0.15, 0.2) is 10.9 Å². The Morgan fingerprint density at radius 1 is 1.20 bits per heavy atom. The number of rotatable bonds is 7. The fraction of sp³-hybridized carbons (Fsp3) is 0.391. The van der Waals surface area contributed by atoms with Crippen LogP contribution in [0.25, 0.3) is 0 Å². The molecule has 2 atom stereocenters. The number of hydrogen-bond acceptors (Lipinski definition) is 6. The molecule has 1 amide bonds. The van der Waals surface area contributed by atoms with Gasteiger partial charge in [-0.3, -0.25) is 15.0 Å². The van der Waals surface area contributed by atoms with Crippen molar-refractivity contribution in [2.75, 3.05) is 18.4 Å². The third-order valence-electron chi connectivity index (χ3n) is 5.11. The van der Waals surface area contributed by atoms with Gasteiger partial charge in [-0.2, -0.15) is 0 Å². The average Bonchev–Trinajstić information content (AvgIpc) is 3.36. The van der Waals surface area contributed by atoms with Crippen LogP contribution in [0.1, 0.15) is 42.3 Å². The van der Waals surface area contributed by atoms with Gasteiger partial charge in [0.05, 0.1) is 5.69 Å². The maximum atomic E-state index is 12.5. The van der Waals surface area contributed by atoms with Crippen molar-refractivity contribution in [1.82, 2.24) is 9.88 Å². The van der Waals surface area contributed by atoms with E-state index in [0.29, 0.717) is 22.7 Å². The highest BCUT2D eigenvalue weighted by Gasteiger charge is 2.22. The third kappa shape index (κ3) is 5.49. The Morgan fingerprint density at radius 2 is 1.97 bits per heavy atom. The zero-order chi connectivity index (χ0) is 20.9. The molecule has 1 aliphatic rings. The SMILES string of the molecule is CC1CC(C)CN(Cc2csc(NC(=O)c3ccc(COc4ccccc4)o3)n2)C1. The van der Waals surface area contributed by atoms with Crippen molar-refractivity contribution in [2.45, 2.75) is 33.4 Å². The van der Waals surface area contributed by atoms with Gasteiger partial charge < -0.3 is 9.15 Å². The molecule has 6 nitrogen and oxygen atoms in total. The lowest BCUT2D eigenvalue weighted by molar-refractivity contribution is 0.0992. The highest BCUT2D eigenvalue weighted by molar-refractivity contribution is 7.13. The van der Waals surface area contributed by atoms with Crippen LogP contribution in [-0.4, -0.2) is 28.9 Å². The molecule has 1 fully saturated rings. The number of aromatic nitrogens is 1. The number of carbonyl (C=O) groups excluding carboxylic acids is 1. The zero-order valence-electron chi connectivity index (χ0n) is 17.3. The van der Waals surface area contributed by atoms with E-state index in [1.807, 2.05) is 35.7 Å². The summed E-state index contributed by atoms with van der Waals surface area (Å²) in [4.78, 5) is 19.5. The molecular weight excluding hydrogens is 398 g/mol. The summed E-state index contributed by atoms with van der Waals surface area (Å²) in [6, 6.07) is 12.9. The third-order valence-corrected chi connectivity index (χ3v) is 5.92. The number of likely N-dealkylation sites (tertiary alicyclic amines) is 1. The largest absolute Gasteiger partial charge is 0.486 e. The van der Waals surface area contributed by atoms with Gasteiger partial charge in [0.2, 0.25) is 0 Å². The average molecular weight is 426 g/mol. The predicted molar refractivity (Wildman–Crippen MR) is 118 cm³/mol. The van der Waals surface area contributed by atoms with Crippen molar-refractivity contribution in [3.63, 3.8) is 0 Å². The normalized spacial score (nSPS) is 19.5. The highest BCUT2D eigenvalue weighted by atomic mass is 32.1. The number of thiazole rings is 1. The van der Waals surface area contributed by atoms with Crippen LogP contribution in [0.5, 0.6) is 5.75 Å². The fourth-order valence-corrected chi connectivity index (χ4v) is 4.69. The lowest BCUT2D eigenvalue weighted by atomic mass is 9.92. The van der Waals surface area contributed by atoms with Crippen LogP contribution >= 0.6 is 11.3 Å². The summed E-state index contributed by atoms with van der Waals surface area (Å²) in [5, 5.41) is 5.44. The first kappa shape index (κ1) is 20.6. The maximum Gasteiger partial charge on any atom is 0.293 e. The number of carbonyl (C=O) groups is 1. The minimum absolute atomic E-state index is 0.247. The molecule has 3 aromatic rings. The molecule has 1 saturated heterocycles. The Labute approximate surface area is 180 Å². The molecule has 2 aromatic heterocycles. The van der Waals surface area contributed by atoms with Crippen LogP contribution < -0.4 is 10.1 Å². The summed E-state index contributed by atoms with van der Waals surface area (Å²) in [5.41, 5.74) is 0.994. The number of anilines is 1. The fourth-order valence-electron chi connectivity index (χ4n) is 3.99. The molecule has 1 aromatic carbocycles. The minimum atomic E-state index is -0.304. The molecule has 158 valence electrons. The standard InChI is InChI=1S/C23H27N3O3S/c1-16-10-17(2)12-26(11-16)13-18-15-30-23(24-18)25-22(27)21-9-8-20(29-21)14-28-19-6-4-3-5-7-19/h3-9,15-17H,10-14H2,1-2H3,(H,24,25,27). The Balaban J connectivity index is 1.29. The first-order chi connectivity index (χ1) is 14.5. The zero-order valence-corrected chi connectivity index (χ0v) is 18.2. The number of nitrogens with zero attached hydrogens (tertiary/aromatic N) is 2. The van der Waals surface area contributed by atoms with Crippen molar-refractivity contribution in [3.05, 3.63) is 65.1 Å². The van der Waals surface area contributed by atoms with Gasteiger partial charge in [-0.1, -0.05) is 32.0 Å². The van der Waals surface area contributed by atoms with Gasteiger partial charge in [-0.05, 0) is 42.5 Å². The predicted octanol–water partition coefficient (Wildman–Crippen LogP) is 5.05. The van der Waals surface area contributed by atoms with Gasteiger partial charge in [-0.25, -0.2) is 4.98 Å². The monoisotopic (exact) mass is 425 g/mol. The highest BCUT2D eigenvalue weighted by Crippen LogP contribution is 2.24. The number of furan rings is 1. The molecule has 30 heavy (non-hydrogen) atoms. The van der Waals surface area contributed by atoms with E-state index >= 15 is 0 Å². The summed E-state index contributed by atoms with van der Waals surface area (Å²) in [7, 11) is 0. The number of hydrogen-bond donors (Lipinski definition) is 1. The summed E-state index contributed by atoms with van der Waals surface area (Å²) in [5.74, 6) is 2.72. The second kappa shape index (κ2) is 9.45. The van der Waals surface area contributed by atoms with Crippen molar-refractivity contribution in [1.29, 1.82) is 0 Å². The van der Waals surface area contributed by atoms with Crippen molar-refractivity contribution < 1.29 is 13.9 Å². The Kier molecular flexibility index (Phi) is 6.50. The molecule has 4 rings (SSSR count). The topological polar surface area (TPSA) is 67.6 Å². The van der Waals surface area contributed by atoms with E-state index in [4.69, 9.17) is 9.15 Å². The van der Waals surface area contributed by atoms with E-state index in [1.54, 1.807) is 12.1 Å². The number of para-hydroxylation sites is 1. The summed E-state index contributed by atoms with van der Waals surface area (Å²) >= 11 is 1.44. The lowest BCUT2D eigenvalue weighted by Gasteiger charge is -2.34. The van der Waals surface area contributed by atoms with Gasteiger partial charge in [0.25, 0.3) is 5.91 Å². The number of piperidine rings is 1. The van der Waals surface area contributed by atoms with Crippen LogP contribution in [0.4, 0.5) is 5.13 Å². The van der Waals surface area contributed by atoms with E-state index in [2.05, 4.69) is 29.0 Å². The molecule has 1 aliphatic heterocycles. The first-order valence-electron chi connectivity index (χ1n) is 10.3. The first-order valence-corrected chi connectivity index (χ1v) is 11.2. The summed E-state index contributed by atoms with van der Waals surface area (Å²) < 4.78 is 11.3. The quantitative estimate of drug-likeness (QED) is 0.574. The van der Waals surface area contributed by atoms with Gasteiger partial charge in [0, 0.05) is 25.0 Å². The van der Waals surface area contributed by atoms with E-state index in [0.717, 1.165) is 31.1 Å². The Morgan fingerprint density at radius 3 is 2.73 bits per heavy atom. The van der Waals surface area contributed by atoms with Crippen LogP contribution in [0.15, 0.2) is 52.3 Å². The van der Waals surface area contributed by atoms with Crippen LogP contribution in [0.2, 0.25) is 0 Å². The second-order valence-electron chi connectivity index (χ2n) is 8.11. The van der Waals surface area contributed by atoms with E-state index in [9.17, 15) is 4.79 Å². The maximum absolute atomic E-state index is 12.5. The van der Waals surface area contributed by atoms with Crippen LogP contribution in [0, 0.1) is 11.8 Å². The molecule has 2 unspecified atom stereocenters. The van der Waals surface area contributed by atoms with E-state index in [-0.39, 0.29) is 18.3 Å². The summed E-state index contributed by atoms with van der Waals surface area (Å²) in [6.45, 7) is 7.90. The summed E-state index contributed by atoms with van der Waals surface area (Å²) in [6.07, 6.45) is 1.29. The number of ether oxygens (including phenoxy) is 1.